The topological polar surface area (TPSA) is 37.4 Å². The van der Waals surface area contributed by atoms with E-state index in [1.54, 1.807) is 6.20 Å². The fraction of sp³-hybridized carbons (Fsp3) is 0.583. The normalized spacial score (nSPS) is 18.6. The summed E-state index contributed by atoms with van der Waals surface area (Å²) in [5.74, 6) is 0.833. The number of morpholine rings is 1. The molecular weight excluding hydrogens is 318 g/mol. The standard InChI is InChI=1S/C12H17BrClN3O/c1-9(8-17-2-4-18-5-3-17)16-12-11(13)6-10(14)7-15-12/h6-7,9H,2-5,8H2,1H3,(H,15,16). The predicted molar refractivity (Wildman–Crippen MR) is 77.3 cm³/mol. The van der Waals surface area contributed by atoms with Crippen molar-refractivity contribution in [2.45, 2.75) is 13.0 Å². The molecule has 0 saturated carbocycles. The number of nitrogens with one attached hydrogen (secondary N) is 1. The predicted octanol–water partition coefficient (Wildman–Crippen LogP) is 2.63. The van der Waals surface area contributed by atoms with E-state index in [1.165, 1.54) is 0 Å². The summed E-state index contributed by atoms with van der Waals surface area (Å²) in [4.78, 5) is 6.67. The maximum atomic E-state index is 5.87. The van der Waals surface area contributed by atoms with Crippen molar-refractivity contribution < 1.29 is 4.74 Å². The molecule has 0 bridgehead atoms. The molecule has 1 aliphatic heterocycles. The van der Waals surface area contributed by atoms with E-state index < -0.39 is 0 Å². The van der Waals surface area contributed by atoms with Gasteiger partial charge in [-0.3, -0.25) is 4.90 Å². The second-order valence-electron chi connectivity index (χ2n) is 4.44. The van der Waals surface area contributed by atoms with Crippen molar-refractivity contribution >= 4 is 33.3 Å². The molecule has 0 spiro atoms. The minimum Gasteiger partial charge on any atom is -0.379 e. The molecule has 1 unspecified atom stereocenters. The first-order valence-electron chi connectivity index (χ1n) is 6.03. The molecule has 1 N–H and O–H groups in total. The summed E-state index contributed by atoms with van der Waals surface area (Å²) in [6.45, 7) is 6.80. The van der Waals surface area contributed by atoms with Crippen molar-refractivity contribution in [3.63, 3.8) is 0 Å². The van der Waals surface area contributed by atoms with Gasteiger partial charge in [-0.15, -0.1) is 0 Å². The summed E-state index contributed by atoms with van der Waals surface area (Å²) in [7, 11) is 0. The van der Waals surface area contributed by atoms with Crippen LogP contribution in [0.2, 0.25) is 5.02 Å². The fourth-order valence-corrected chi connectivity index (χ4v) is 2.72. The average molecular weight is 335 g/mol. The van der Waals surface area contributed by atoms with Crippen LogP contribution < -0.4 is 5.32 Å². The van der Waals surface area contributed by atoms with Crippen LogP contribution in [0.3, 0.4) is 0 Å². The molecule has 1 atom stereocenters. The molecule has 1 saturated heterocycles. The minimum atomic E-state index is 0.327. The lowest BCUT2D eigenvalue weighted by atomic mass is 10.3. The highest BCUT2D eigenvalue weighted by Crippen LogP contribution is 2.23. The van der Waals surface area contributed by atoms with Gasteiger partial charge in [0, 0.05) is 31.9 Å². The first kappa shape index (κ1) is 14.1. The first-order valence-corrected chi connectivity index (χ1v) is 7.20. The Morgan fingerprint density at radius 2 is 2.28 bits per heavy atom. The SMILES string of the molecule is CC(CN1CCOCC1)Nc1ncc(Cl)cc1Br. The minimum absolute atomic E-state index is 0.327. The number of halogens is 2. The summed E-state index contributed by atoms with van der Waals surface area (Å²) in [5, 5.41) is 4.02. The van der Waals surface area contributed by atoms with Gasteiger partial charge in [-0.25, -0.2) is 4.98 Å². The molecule has 2 heterocycles. The van der Waals surface area contributed by atoms with Crippen molar-refractivity contribution in [1.29, 1.82) is 0 Å². The van der Waals surface area contributed by atoms with E-state index in [4.69, 9.17) is 16.3 Å². The lowest BCUT2D eigenvalue weighted by molar-refractivity contribution is 0.0368. The quantitative estimate of drug-likeness (QED) is 0.918. The van der Waals surface area contributed by atoms with Crippen LogP contribution in [-0.2, 0) is 4.74 Å². The number of nitrogens with zero attached hydrogens (tertiary/aromatic N) is 2. The molecule has 0 aromatic carbocycles. The van der Waals surface area contributed by atoms with Gasteiger partial charge in [0.25, 0.3) is 0 Å². The molecular formula is C12H17BrClN3O. The van der Waals surface area contributed by atoms with Crippen LogP contribution in [0.25, 0.3) is 0 Å². The third-order valence-electron chi connectivity index (χ3n) is 2.83. The number of rotatable bonds is 4. The van der Waals surface area contributed by atoms with Gasteiger partial charge in [0.05, 0.1) is 22.7 Å². The molecule has 1 aromatic rings. The molecule has 1 fully saturated rings. The fourth-order valence-electron chi connectivity index (χ4n) is 1.97. The lowest BCUT2D eigenvalue weighted by Crippen LogP contribution is -2.42. The van der Waals surface area contributed by atoms with Gasteiger partial charge >= 0.3 is 0 Å². The van der Waals surface area contributed by atoms with Crippen molar-refractivity contribution in [3.8, 4) is 0 Å². The van der Waals surface area contributed by atoms with Crippen LogP contribution in [0.15, 0.2) is 16.7 Å². The zero-order valence-electron chi connectivity index (χ0n) is 10.3. The van der Waals surface area contributed by atoms with Crippen molar-refractivity contribution in [3.05, 3.63) is 21.8 Å². The van der Waals surface area contributed by atoms with E-state index in [9.17, 15) is 0 Å². The van der Waals surface area contributed by atoms with E-state index in [1.807, 2.05) is 6.07 Å². The Labute approximate surface area is 121 Å². The van der Waals surface area contributed by atoms with Gasteiger partial charge < -0.3 is 10.1 Å². The van der Waals surface area contributed by atoms with Crippen molar-refractivity contribution in [1.82, 2.24) is 9.88 Å². The molecule has 0 aliphatic carbocycles. The van der Waals surface area contributed by atoms with Crippen molar-refractivity contribution in [2.75, 3.05) is 38.2 Å². The van der Waals surface area contributed by atoms with Gasteiger partial charge in [-0.1, -0.05) is 11.6 Å². The van der Waals surface area contributed by atoms with E-state index in [2.05, 4.69) is 38.1 Å². The van der Waals surface area contributed by atoms with Gasteiger partial charge in [-0.2, -0.15) is 0 Å². The maximum absolute atomic E-state index is 5.87. The number of pyridine rings is 1. The van der Waals surface area contributed by atoms with Crippen molar-refractivity contribution in [2.24, 2.45) is 0 Å². The molecule has 4 nitrogen and oxygen atoms in total. The van der Waals surface area contributed by atoms with Gasteiger partial charge in [0.2, 0.25) is 0 Å². The summed E-state index contributed by atoms with van der Waals surface area (Å²) in [5.41, 5.74) is 0. The number of anilines is 1. The first-order chi connectivity index (χ1) is 8.65. The molecule has 2 rings (SSSR count). The van der Waals surface area contributed by atoms with Gasteiger partial charge in [0.1, 0.15) is 5.82 Å². The number of hydrogen-bond acceptors (Lipinski definition) is 4. The molecule has 18 heavy (non-hydrogen) atoms. The van der Waals surface area contributed by atoms with Gasteiger partial charge in [0.15, 0.2) is 0 Å². The molecule has 1 aliphatic rings. The largest absolute Gasteiger partial charge is 0.379 e. The average Bonchev–Trinajstić information content (AvgIpc) is 2.34. The third kappa shape index (κ3) is 4.09. The Kier molecular flexibility index (Phi) is 5.24. The van der Waals surface area contributed by atoms with E-state index in [-0.39, 0.29) is 0 Å². The molecule has 100 valence electrons. The van der Waals surface area contributed by atoms with Gasteiger partial charge in [-0.05, 0) is 28.9 Å². The van der Waals surface area contributed by atoms with E-state index in [0.29, 0.717) is 11.1 Å². The third-order valence-corrected chi connectivity index (χ3v) is 3.64. The van der Waals surface area contributed by atoms with Crippen LogP contribution in [0.1, 0.15) is 6.92 Å². The summed E-state index contributed by atoms with van der Waals surface area (Å²) in [6, 6.07) is 2.17. The highest BCUT2D eigenvalue weighted by molar-refractivity contribution is 9.10. The maximum Gasteiger partial charge on any atom is 0.140 e. The highest BCUT2D eigenvalue weighted by atomic mass is 79.9. The zero-order valence-corrected chi connectivity index (χ0v) is 12.7. The second-order valence-corrected chi connectivity index (χ2v) is 5.73. The van der Waals surface area contributed by atoms with Crippen LogP contribution in [0.5, 0.6) is 0 Å². The smallest absolute Gasteiger partial charge is 0.140 e. The van der Waals surface area contributed by atoms with Crippen LogP contribution in [-0.4, -0.2) is 48.8 Å². The molecule has 1 aromatic heterocycles. The molecule has 0 radical (unpaired) electrons. The zero-order chi connectivity index (χ0) is 13.0. The Bertz CT molecular complexity index is 399. The highest BCUT2D eigenvalue weighted by Gasteiger charge is 2.14. The van der Waals surface area contributed by atoms with E-state index >= 15 is 0 Å². The molecule has 6 heteroatoms. The van der Waals surface area contributed by atoms with Crippen LogP contribution in [0, 0.1) is 0 Å². The Morgan fingerprint density at radius 3 is 2.94 bits per heavy atom. The summed E-state index contributed by atoms with van der Waals surface area (Å²) >= 11 is 9.32. The monoisotopic (exact) mass is 333 g/mol. The molecule has 0 amide bonds. The Hall–Kier alpha value is -0.360. The second kappa shape index (κ2) is 6.70. The summed E-state index contributed by atoms with van der Waals surface area (Å²) < 4.78 is 6.23. The summed E-state index contributed by atoms with van der Waals surface area (Å²) in [6.07, 6.45) is 1.65. The lowest BCUT2D eigenvalue weighted by Gasteiger charge is -2.29. The van der Waals surface area contributed by atoms with Crippen LogP contribution in [0.4, 0.5) is 5.82 Å². The Morgan fingerprint density at radius 1 is 1.56 bits per heavy atom. The van der Waals surface area contributed by atoms with Crippen LogP contribution >= 0.6 is 27.5 Å². The number of ether oxygens (including phenoxy) is 1. The number of hydrogen-bond donors (Lipinski definition) is 1. The Balaban J connectivity index is 1.87. The van der Waals surface area contributed by atoms with E-state index in [0.717, 1.165) is 43.1 Å². The number of aromatic nitrogens is 1.